The Labute approximate surface area is 223 Å². The van der Waals surface area contributed by atoms with E-state index in [4.69, 9.17) is 14.2 Å². The molecule has 200 valence electrons. The summed E-state index contributed by atoms with van der Waals surface area (Å²) in [6.45, 7) is 0. The second kappa shape index (κ2) is 10.1. The normalized spacial score (nSPS) is 22.0. The van der Waals surface area contributed by atoms with E-state index in [1.54, 1.807) is 60.7 Å². The molecule has 11 heteroatoms. The van der Waals surface area contributed by atoms with Crippen molar-refractivity contribution in [3.8, 4) is 11.5 Å². The molecule has 0 N–H and O–H groups in total. The third-order valence-corrected chi connectivity index (χ3v) is 7.26. The fourth-order valence-electron chi connectivity index (χ4n) is 5.63. The van der Waals surface area contributed by atoms with Gasteiger partial charge in [-0.15, -0.1) is 0 Å². The molecule has 5 rings (SSSR count). The molecule has 3 aromatic rings. The van der Waals surface area contributed by atoms with Gasteiger partial charge < -0.3 is 19.1 Å². The van der Waals surface area contributed by atoms with Crippen molar-refractivity contribution in [2.45, 2.75) is 18.0 Å². The summed E-state index contributed by atoms with van der Waals surface area (Å²) in [5, 5.41) is 11.8. The number of methoxy groups -OCH3 is 3. The van der Waals surface area contributed by atoms with Crippen LogP contribution in [-0.2, 0) is 14.3 Å². The van der Waals surface area contributed by atoms with Crippen molar-refractivity contribution in [2.75, 3.05) is 26.2 Å². The van der Waals surface area contributed by atoms with E-state index in [-0.39, 0.29) is 11.4 Å². The van der Waals surface area contributed by atoms with E-state index in [1.165, 1.54) is 38.4 Å². The Morgan fingerprint density at radius 3 is 2.26 bits per heavy atom. The summed E-state index contributed by atoms with van der Waals surface area (Å²) in [5.41, 5.74) is 0.928. The average molecular weight is 532 g/mol. The van der Waals surface area contributed by atoms with Crippen LogP contribution in [0.3, 0.4) is 0 Å². The molecule has 2 fully saturated rings. The Morgan fingerprint density at radius 2 is 1.62 bits per heavy atom. The smallest absolute Gasteiger partial charge is 0.332 e. The molecule has 0 aromatic heterocycles. The number of urea groups is 1. The number of benzene rings is 3. The fraction of sp³-hybridized carbons (Fsp3) is 0.250. The van der Waals surface area contributed by atoms with Gasteiger partial charge in [-0.1, -0.05) is 42.5 Å². The third kappa shape index (κ3) is 4.12. The molecule has 0 radical (unpaired) electrons. The first-order chi connectivity index (χ1) is 18.8. The number of imide groups is 1. The van der Waals surface area contributed by atoms with Crippen molar-refractivity contribution in [1.82, 2.24) is 4.90 Å². The van der Waals surface area contributed by atoms with Crippen molar-refractivity contribution in [1.29, 1.82) is 0 Å². The zero-order valence-electron chi connectivity index (χ0n) is 21.3. The van der Waals surface area contributed by atoms with Gasteiger partial charge in [0, 0.05) is 18.1 Å². The average Bonchev–Trinajstić information content (AvgIpc) is 3.45. The van der Waals surface area contributed by atoms with Gasteiger partial charge in [-0.05, 0) is 29.3 Å². The molecule has 4 unspecified atom stereocenters. The lowest BCUT2D eigenvalue weighted by atomic mass is 9.79. The first-order valence-electron chi connectivity index (χ1n) is 12.1. The van der Waals surface area contributed by atoms with Crippen LogP contribution >= 0.6 is 0 Å². The molecule has 11 nitrogen and oxygen atoms in total. The number of carbonyl (C=O) groups is 3. The second-order valence-corrected chi connectivity index (χ2v) is 9.13. The topological polar surface area (TPSA) is 129 Å². The number of amides is 3. The molecular weight excluding hydrogens is 506 g/mol. The maximum atomic E-state index is 14.0. The van der Waals surface area contributed by atoms with E-state index in [9.17, 15) is 24.5 Å². The van der Waals surface area contributed by atoms with Crippen molar-refractivity contribution in [3.05, 3.63) is 94.0 Å². The van der Waals surface area contributed by atoms with E-state index in [2.05, 4.69) is 0 Å². The summed E-state index contributed by atoms with van der Waals surface area (Å²) in [6, 6.07) is 16.9. The molecule has 2 heterocycles. The first kappa shape index (κ1) is 25.7. The van der Waals surface area contributed by atoms with Gasteiger partial charge in [-0.3, -0.25) is 19.7 Å². The predicted octanol–water partition coefficient (Wildman–Crippen LogP) is 4.08. The molecule has 4 atom stereocenters. The quantitative estimate of drug-likeness (QED) is 0.193. The number of nitrogens with zero attached hydrogens (tertiary/aromatic N) is 3. The number of nitro groups is 1. The molecule has 0 aliphatic carbocycles. The summed E-state index contributed by atoms with van der Waals surface area (Å²) < 4.78 is 15.6. The number of hydrogen-bond donors (Lipinski definition) is 0. The lowest BCUT2D eigenvalue weighted by Gasteiger charge is -2.28. The molecule has 3 amide bonds. The lowest BCUT2D eigenvalue weighted by Crippen LogP contribution is -2.38. The van der Waals surface area contributed by atoms with Gasteiger partial charge in [0.05, 0.1) is 43.9 Å². The van der Waals surface area contributed by atoms with Crippen LogP contribution in [0.15, 0.2) is 72.8 Å². The Morgan fingerprint density at radius 1 is 0.872 bits per heavy atom. The van der Waals surface area contributed by atoms with Crippen LogP contribution in [0.25, 0.3) is 0 Å². The Balaban J connectivity index is 1.72. The number of anilines is 1. The summed E-state index contributed by atoms with van der Waals surface area (Å²) >= 11 is 0. The van der Waals surface area contributed by atoms with Gasteiger partial charge in [0.1, 0.15) is 11.8 Å². The molecule has 39 heavy (non-hydrogen) atoms. The number of esters is 1. The van der Waals surface area contributed by atoms with Gasteiger partial charge in [-0.2, -0.15) is 0 Å². The van der Waals surface area contributed by atoms with Crippen LogP contribution < -0.4 is 14.4 Å². The summed E-state index contributed by atoms with van der Waals surface area (Å²) in [4.78, 5) is 55.0. The largest absolute Gasteiger partial charge is 0.497 e. The maximum absolute atomic E-state index is 14.0. The highest BCUT2D eigenvalue weighted by atomic mass is 16.6. The van der Waals surface area contributed by atoms with Crippen LogP contribution in [0.5, 0.6) is 11.5 Å². The fourth-order valence-corrected chi connectivity index (χ4v) is 5.63. The van der Waals surface area contributed by atoms with Crippen molar-refractivity contribution < 1.29 is 33.5 Å². The number of rotatable bonds is 7. The zero-order chi connectivity index (χ0) is 27.8. The molecule has 0 saturated carbocycles. The minimum Gasteiger partial charge on any atom is -0.497 e. The highest BCUT2D eigenvalue weighted by molar-refractivity contribution is 6.22. The van der Waals surface area contributed by atoms with Crippen molar-refractivity contribution in [3.63, 3.8) is 0 Å². The molecule has 2 aliphatic rings. The van der Waals surface area contributed by atoms with E-state index in [0.717, 1.165) is 4.90 Å². The third-order valence-electron chi connectivity index (χ3n) is 7.26. The van der Waals surface area contributed by atoms with Gasteiger partial charge in [0.15, 0.2) is 5.75 Å². The van der Waals surface area contributed by atoms with Gasteiger partial charge in [0.2, 0.25) is 0 Å². The molecule has 2 aliphatic heterocycles. The Kier molecular flexibility index (Phi) is 6.65. The summed E-state index contributed by atoms with van der Waals surface area (Å²) in [7, 11) is 4.02. The molecule has 0 bridgehead atoms. The van der Waals surface area contributed by atoms with Crippen LogP contribution in [0.4, 0.5) is 16.2 Å². The molecular formula is C28H25N3O8. The number of nitro benzene ring substituents is 1. The van der Waals surface area contributed by atoms with Crippen LogP contribution in [0.1, 0.15) is 23.1 Å². The van der Waals surface area contributed by atoms with E-state index in [0.29, 0.717) is 22.6 Å². The Bertz CT molecular complexity index is 1460. The molecule has 3 aromatic carbocycles. The van der Waals surface area contributed by atoms with Crippen molar-refractivity contribution in [2.24, 2.45) is 5.92 Å². The number of ether oxygens (including phenoxy) is 3. The highest BCUT2D eigenvalue weighted by Crippen LogP contribution is 2.54. The second-order valence-electron chi connectivity index (χ2n) is 9.13. The van der Waals surface area contributed by atoms with E-state index in [1.807, 2.05) is 0 Å². The summed E-state index contributed by atoms with van der Waals surface area (Å²) in [5.74, 6) is -2.49. The van der Waals surface area contributed by atoms with Crippen LogP contribution in [0, 0.1) is 16.0 Å². The Hall–Kier alpha value is -4.93. The number of hydrogen-bond acceptors (Lipinski definition) is 8. The predicted molar refractivity (Wildman–Crippen MR) is 139 cm³/mol. The lowest BCUT2D eigenvalue weighted by molar-refractivity contribution is -0.385. The van der Waals surface area contributed by atoms with E-state index < -0.39 is 46.8 Å². The van der Waals surface area contributed by atoms with Gasteiger partial charge in [0.25, 0.3) is 5.91 Å². The molecule has 2 saturated heterocycles. The monoisotopic (exact) mass is 531 g/mol. The van der Waals surface area contributed by atoms with Crippen LogP contribution in [0.2, 0.25) is 0 Å². The minimum atomic E-state index is -1.07. The highest BCUT2D eigenvalue weighted by Gasteiger charge is 2.64. The van der Waals surface area contributed by atoms with Gasteiger partial charge in [-0.25, -0.2) is 9.69 Å². The summed E-state index contributed by atoms with van der Waals surface area (Å²) in [6.07, 6.45) is 0. The number of fused-ring (bicyclic) bond motifs is 1. The number of carbonyl (C=O) groups excluding carboxylic acids is 3. The SMILES string of the molecule is COC(=O)C1C(c2ccccc2)C2C(=O)N(c3cccc(OC)c3)C(=O)N2C1c1ccc(OC)c([N+](=O)[O-])c1. The standard InChI is InChI=1S/C28H25N3O8/c1-37-19-11-7-10-18(15-19)29-26(32)25-22(16-8-5-4-6-9-16)23(27(33)39-3)24(30(25)28(29)34)17-12-13-21(38-2)20(14-17)31(35)36/h4-15,22-25H,1-3H3. The van der Waals surface area contributed by atoms with Crippen LogP contribution in [-0.4, -0.2) is 55.1 Å². The maximum Gasteiger partial charge on any atom is 0.332 e. The van der Waals surface area contributed by atoms with Crippen molar-refractivity contribution >= 4 is 29.3 Å². The van der Waals surface area contributed by atoms with E-state index >= 15 is 0 Å². The first-order valence-corrected chi connectivity index (χ1v) is 12.1. The minimum absolute atomic E-state index is 0.0226. The zero-order valence-corrected chi connectivity index (χ0v) is 21.3. The van der Waals surface area contributed by atoms with Gasteiger partial charge >= 0.3 is 17.7 Å². The molecule has 0 spiro atoms.